The van der Waals surface area contributed by atoms with E-state index in [1.54, 1.807) is 6.20 Å². The topological polar surface area (TPSA) is 61.0 Å². The van der Waals surface area contributed by atoms with E-state index in [1.165, 1.54) is 19.3 Å². The maximum absolute atomic E-state index is 12.3. The van der Waals surface area contributed by atoms with Crippen molar-refractivity contribution >= 4 is 6.03 Å². The van der Waals surface area contributed by atoms with Crippen LogP contribution in [0.15, 0.2) is 36.5 Å². The number of aromatic amines is 1. The molecule has 0 atom stereocenters. The monoisotopic (exact) mass is 312 g/mol. The van der Waals surface area contributed by atoms with Crippen molar-refractivity contribution in [3.8, 4) is 11.3 Å². The van der Waals surface area contributed by atoms with Gasteiger partial charge in [-0.15, -0.1) is 0 Å². The van der Waals surface area contributed by atoms with Gasteiger partial charge in [0.05, 0.1) is 5.69 Å². The average Bonchev–Trinajstić information content (AvgIpc) is 3.07. The van der Waals surface area contributed by atoms with E-state index in [9.17, 15) is 4.79 Å². The van der Waals surface area contributed by atoms with E-state index in [2.05, 4.69) is 15.5 Å². The standard InChI is InChI=1S/C18H24N4O/c23-18(22-12-4-2-1-3-5-13-22)19-14-15-6-8-16(9-7-15)17-10-11-20-21-17/h6-11H,1-5,12-14H2,(H,19,23)(H,20,21). The summed E-state index contributed by atoms with van der Waals surface area (Å²) in [4.78, 5) is 14.2. The van der Waals surface area contributed by atoms with Gasteiger partial charge in [0.2, 0.25) is 0 Å². The van der Waals surface area contributed by atoms with E-state index >= 15 is 0 Å². The summed E-state index contributed by atoms with van der Waals surface area (Å²) in [6.45, 7) is 2.33. The van der Waals surface area contributed by atoms with Crippen LogP contribution in [0.5, 0.6) is 0 Å². The van der Waals surface area contributed by atoms with E-state index in [1.807, 2.05) is 35.2 Å². The molecule has 0 spiro atoms. The number of H-pyrrole nitrogens is 1. The van der Waals surface area contributed by atoms with Gasteiger partial charge in [-0.1, -0.05) is 43.5 Å². The van der Waals surface area contributed by atoms with Gasteiger partial charge >= 0.3 is 6.03 Å². The van der Waals surface area contributed by atoms with Crippen LogP contribution in [0, 0.1) is 0 Å². The number of carbonyl (C=O) groups is 1. The van der Waals surface area contributed by atoms with Gasteiger partial charge in [0, 0.05) is 25.8 Å². The Kier molecular flexibility index (Phi) is 5.29. The third-order valence-corrected chi connectivity index (χ3v) is 4.35. The average molecular weight is 312 g/mol. The van der Waals surface area contributed by atoms with E-state index in [4.69, 9.17) is 0 Å². The Labute approximate surface area is 137 Å². The van der Waals surface area contributed by atoms with Gasteiger partial charge in [0.25, 0.3) is 0 Å². The summed E-state index contributed by atoms with van der Waals surface area (Å²) < 4.78 is 0. The Hall–Kier alpha value is -2.30. The van der Waals surface area contributed by atoms with E-state index in [-0.39, 0.29) is 6.03 Å². The number of amides is 2. The molecule has 2 heterocycles. The number of nitrogens with zero attached hydrogens (tertiary/aromatic N) is 2. The van der Waals surface area contributed by atoms with E-state index in [0.29, 0.717) is 6.54 Å². The van der Waals surface area contributed by atoms with Gasteiger partial charge in [0.1, 0.15) is 0 Å². The van der Waals surface area contributed by atoms with Crippen LogP contribution >= 0.6 is 0 Å². The van der Waals surface area contributed by atoms with Crippen molar-refractivity contribution in [1.29, 1.82) is 0 Å². The lowest BCUT2D eigenvalue weighted by molar-refractivity contribution is 0.192. The smallest absolute Gasteiger partial charge is 0.317 e. The van der Waals surface area contributed by atoms with Gasteiger partial charge in [-0.2, -0.15) is 5.10 Å². The molecule has 122 valence electrons. The Balaban J connectivity index is 1.52. The molecule has 0 saturated carbocycles. The first-order chi connectivity index (χ1) is 11.3. The number of nitrogens with one attached hydrogen (secondary N) is 2. The highest BCUT2D eigenvalue weighted by Gasteiger charge is 2.14. The van der Waals surface area contributed by atoms with E-state index < -0.39 is 0 Å². The SMILES string of the molecule is O=C(NCc1ccc(-c2ccn[nH]2)cc1)N1CCCCCCC1. The highest BCUT2D eigenvalue weighted by atomic mass is 16.2. The molecule has 2 N–H and O–H groups in total. The summed E-state index contributed by atoms with van der Waals surface area (Å²) in [7, 11) is 0. The quantitative estimate of drug-likeness (QED) is 0.910. The Morgan fingerprint density at radius 1 is 1.04 bits per heavy atom. The second-order valence-electron chi connectivity index (χ2n) is 6.08. The molecule has 0 radical (unpaired) electrons. The molecule has 23 heavy (non-hydrogen) atoms. The van der Waals surface area contributed by atoms with Crippen LogP contribution < -0.4 is 5.32 Å². The third-order valence-electron chi connectivity index (χ3n) is 4.35. The summed E-state index contributed by atoms with van der Waals surface area (Å²) in [5, 5.41) is 9.95. The first-order valence-electron chi connectivity index (χ1n) is 8.44. The summed E-state index contributed by atoms with van der Waals surface area (Å²) in [6, 6.07) is 10.2. The fourth-order valence-corrected chi connectivity index (χ4v) is 2.96. The largest absolute Gasteiger partial charge is 0.334 e. The molecule has 1 aromatic carbocycles. The first kappa shape index (κ1) is 15.6. The van der Waals surface area contributed by atoms with Crippen molar-refractivity contribution < 1.29 is 4.79 Å². The van der Waals surface area contributed by atoms with Crippen LogP contribution in [0.1, 0.15) is 37.7 Å². The molecule has 1 aliphatic rings. The minimum Gasteiger partial charge on any atom is -0.334 e. The molecule has 1 aromatic heterocycles. The second-order valence-corrected chi connectivity index (χ2v) is 6.08. The van der Waals surface area contributed by atoms with Crippen LogP contribution in [0.25, 0.3) is 11.3 Å². The molecule has 2 amide bonds. The Morgan fingerprint density at radius 2 is 1.74 bits per heavy atom. The summed E-state index contributed by atoms with van der Waals surface area (Å²) in [5.41, 5.74) is 3.20. The highest BCUT2D eigenvalue weighted by Crippen LogP contribution is 2.16. The van der Waals surface area contributed by atoms with Crippen molar-refractivity contribution in [1.82, 2.24) is 20.4 Å². The van der Waals surface area contributed by atoms with Crippen LogP contribution in [-0.2, 0) is 6.54 Å². The van der Waals surface area contributed by atoms with Crippen LogP contribution in [0.3, 0.4) is 0 Å². The molecule has 0 bridgehead atoms. The number of rotatable bonds is 3. The third kappa shape index (κ3) is 4.34. The van der Waals surface area contributed by atoms with Crippen molar-refractivity contribution in [2.45, 2.75) is 38.6 Å². The lowest BCUT2D eigenvalue weighted by atomic mass is 10.1. The molecule has 1 fully saturated rings. The molecule has 5 nitrogen and oxygen atoms in total. The number of aromatic nitrogens is 2. The molecular weight excluding hydrogens is 288 g/mol. The first-order valence-corrected chi connectivity index (χ1v) is 8.44. The molecule has 1 saturated heterocycles. The predicted molar refractivity (Wildman–Crippen MR) is 90.9 cm³/mol. The number of urea groups is 1. The molecule has 2 aromatic rings. The van der Waals surface area contributed by atoms with Crippen molar-refractivity contribution in [3.05, 3.63) is 42.1 Å². The van der Waals surface area contributed by atoms with Gasteiger partial charge in [0.15, 0.2) is 0 Å². The van der Waals surface area contributed by atoms with E-state index in [0.717, 1.165) is 42.8 Å². The zero-order valence-corrected chi connectivity index (χ0v) is 13.4. The highest BCUT2D eigenvalue weighted by molar-refractivity contribution is 5.74. The summed E-state index contributed by atoms with van der Waals surface area (Å²) in [5.74, 6) is 0. The van der Waals surface area contributed by atoms with Gasteiger partial charge < -0.3 is 10.2 Å². The molecular formula is C18H24N4O. The summed E-state index contributed by atoms with van der Waals surface area (Å²) >= 11 is 0. The number of hydrogen-bond acceptors (Lipinski definition) is 2. The number of carbonyl (C=O) groups excluding carboxylic acids is 1. The minimum atomic E-state index is 0.0598. The zero-order chi connectivity index (χ0) is 15.9. The fraction of sp³-hybridized carbons (Fsp3) is 0.444. The summed E-state index contributed by atoms with van der Waals surface area (Å²) in [6.07, 6.45) is 7.75. The number of likely N-dealkylation sites (tertiary alicyclic amines) is 1. The Bertz CT molecular complexity index is 598. The van der Waals surface area contributed by atoms with Crippen molar-refractivity contribution in [2.24, 2.45) is 0 Å². The maximum Gasteiger partial charge on any atom is 0.317 e. The van der Waals surface area contributed by atoms with Crippen LogP contribution in [0.4, 0.5) is 4.79 Å². The number of hydrogen-bond donors (Lipinski definition) is 2. The van der Waals surface area contributed by atoms with Crippen LogP contribution in [-0.4, -0.2) is 34.2 Å². The molecule has 5 heteroatoms. The minimum absolute atomic E-state index is 0.0598. The lowest BCUT2D eigenvalue weighted by Gasteiger charge is -2.25. The predicted octanol–water partition coefficient (Wildman–Crippen LogP) is 3.55. The normalized spacial score (nSPS) is 15.7. The van der Waals surface area contributed by atoms with Gasteiger partial charge in [-0.3, -0.25) is 5.10 Å². The van der Waals surface area contributed by atoms with Gasteiger partial charge in [-0.25, -0.2) is 4.79 Å². The molecule has 0 unspecified atom stereocenters. The van der Waals surface area contributed by atoms with Crippen LogP contribution in [0.2, 0.25) is 0 Å². The zero-order valence-electron chi connectivity index (χ0n) is 13.4. The maximum atomic E-state index is 12.3. The second kappa shape index (κ2) is 7.81. The Morgan fingerprint density at radius 3 is 2.39 bits per heavy atom. The molecule has 3 rings (SSSR count). The molecule has 0 aliphatic carbocycles. The van der Waals surface area contributed by atoms with Crippen molar-refractivity contribution in [3.63, 3.8) is 0 Å². The number of benzene rings is 1. The van der Waals surface area contributed by atoms with Crippen molar-refractivity contribution in [2.75, 3.05) is 13.1 Å². The fourth-order valence-electron chi connectivity index (χ4n) is 2.96. The van der Waals surface area contributed by atoms with Gasteiger partial charge in [-0.05, 0) is 30.0 Å². The molecule has 1 aliphatic heterocycles. The lowest BCUT2D eigenvalue weighted by Crippen LogP contribution is -2.41.